The Labute approximate surface area is 239 Å². The average Bonchev–Trinajstić information content (AvgIpc) is 3.28. The van der Waals surface area contributed by atoms with E-state index >= 15 is 0 Å². The third kappa shape index (κ3) is 7.97. The van der Waals surface area contributed by atoms with Gasteiger partial charge in [0.05, 0.1) is 6.04 Å². The molecule has 3 fully saturated rings. The van der Waals surface area contributed by atoms with Gasteiger partial charge in [0, 0.05) is 12.1 Å². The fourth-order valence-electron chi connectivity index (χ4n) is 6.43. The lowest BCUT2D eigenvalue weighted by Gasteiger charge is -2.42. The van der Waals surface area contributed by atoms with Gasteiger partial charge in [-0.25, -0.2) is 4.79 Å². The van der Waals surface area contributed by atoms with Crippen molar-refractivity contribution in [3.05, 3.63) is 0 Å². The van der Waals surface area contributed by atoms with E-state index in [4.69, 9.17) is 5.73 Å². The van der Waals surface area contributed by atoms with Crippen LogP contribution in [-0.2, 0) is 19.2 Å². The van der Waals surface area contributed by atoms with Crippen molar-refractivity contribution in [2.75, 3.05) is 6.54 Å². The number of primary amides is 1. The minimum absolute atomic E-state index is 0.0832. The number of carbonyl (C=O) groups is 5. The van der Waals surface area contributed by atoms with Gasteiger partial charge in [-0.05, 0) is 69.6 Å². The molecule has 1 heterocycles. The van der Waals surface area contributed by atoms with Gasteiger partial charge < -0.3 is 26.6 Å². The smallest absolute Gasteiger partial charge is 0.315 e. The van der Waals surface area contributed by atoms with Gasteiger partial charge in [-0.3, -0.25) is 19.2 Å². The molecule has 0 aromatic rings. The van der Waals surface area contributed by atoms with Crippen molar-refractivity contribution < 1.29 is 24.0 Å². The van der Waals surface area contributed by atoms with Gasteiger partial charge in [0.1, 0.15) is 12.1 Å². The van der Waals surface area contributed by atoms with Crippen LogP contribution in [0.1, 0.15) is 106 Å². The van der Waals surface area contributed by atoms with E-state index in [-0.39, 0.29) is 23.7 Å². The predicted molar refractivity (Wildman–Crippen MR) is 153 cm³/mol. The fraction of sp³-hybridized carbons (Fsp3) is 0.833. The second-order valence-corrected chi connectivity index (χ2v) is 14.1. The van der Waals surface area contributed by atoms with Crippen LogP contribution in [0.3, 0.4) is 0 Å². The van der Waals surface area contributed by atoms with Crippen molar-refractivity contribution in [3.8, 4) is 0 Å². The summed E-state index contributed by atoms with van der Waals surface area (Å²) in [4.78, 5) is 67.1. The van der Waals surface area contributed by atoms with E-state index in [1.54, 1.807) is 4.90 Å². The summed E-state index contributed by atoms with van der Waals surface area (Å²) in [6.45, 7) is 12.2. The lowest BCUT2D eigenvalue weighted by molar-refractivity contribution is -0.144. The van der Waals surface area contributed by atoms with Crippen LogP contribution < -0.4 is 21.7 Å². The van der Waals surface area contributed by atoms with Crippen molar-refractivity contribution in [2.45, 2.75) is 129 Å². The molecule has 1 saturated heterocycles. The average molecular weight is 562 g/mol. The van der Waals surface area contributed by atoms with Gasteiger partial charge in [-0.1, -0.05) is 59.3 Å². The highest BCUT2D eigenvalue weighted by Crippen LogP contribution is 2.41. The van der Waals surface area contributed by atoms with Gasteiger partial charge >= 0.3 is 6.03 Å². The number of likely N-dealkylation sites (tertiary alicyclic amines) is 1. The largest absolute Gasteiger partial charge is 0.363 e. The molecule has 0 aromatic carbocycles. The Morgan fingerprint density at radius 2 is 1.60 bits per heavy atom. The minimum Gasteiger partial charge on any atom is -0.363 e. The summed E-state index contributed by atoms with van der Waals surface area (Å²) < 4.78 is 0. The zero-order valence-corrected chi connectivity index (χ0v) is 25.3. The van der Waals surface area contributed by atoms with Crippen LogP contribution in [0.5, 0.6) is 0 Å². The summed E-state index contributed by atoms with van der Waals surface area (Å²) in [5.41, 5.74) is 4.39. The number of ketones is 1. The van der Waals surface area contributed by atoms with E-state index in [0.29, 0.717) is 19.4 Å². The molecule has 2 saturated carbocycles. The topological polar surface area (TPSA) is 151 Å². The molecule has 226 valence electrons. The first-order valence-corrected chi connectivity index (χ1v) is 15.1. The lowest BCUT2D eigenvalue weighted by Crippen LogP contribution is -2.62. The molecule has 4 atom stereocenters. The zero-order valence-electron chi connectivity index (χ0n) is 25.3. The molecule has 0 bridgehead atoms. The predicted octanol–water partition coefficient (Wildman–Crippen LogP) is 3.03. The van der Waals surface area contributed by atoms with Crippen LogP contribution in [0.2, 0.25) is 0 Å². The highest BCUT2D eigenvalue weighted by molar-refractivity contribution is 6.37. The van der Waals surface area contributed by atoms with Crippen molar-refractivity contribution >= 4 is 29.5 Å². The van der Waals surface area contributed by atoms with Crippen LogP contribution in [-0.4, -0.2) is 64.6 Å². The number of carbonyl (C=O) groups excluding carboxylic acids is 5. The number of urea groups is 1. The molecule has 5 amide bonds. The van der Waals surface area contributed by atoms with Crippen LogP contribution in [0, 0.1) is 23.2 Å². The Hall–Kier alpha value is -2.65. The Kier molecular flexibility index (Phi) is 10.3. The van der Waals surface area contributed by atoms with E-state index in [9.17, 15) is 24.0 Å². The molecule has 3 aliphatic rings. The number of Topliss-reactive ketones (excluding diaryl/α,β-unsaturated/α-hetero) is 1. The molecule has 10 nitrogen and oxygen atoms in total. The Balaban J connectivity index is 1.88. The highest BCUT2D eigenvalue weighted by Gasteiger charge is 2.49. The van der Waals surface area contributed by atoms with Crippen LogP contribution in [0.4, 0.5) is 4.79 Å². The van der Waals surface area contributed by atoms with Crippen molar-refractivity contribution in [1.82, 2.24) is 20.9 Å². The van der Waals surface area contributed by atoms with Crippen LogP contribution in [0.15, 0.2) is 0 Å². The number of nitrogens with zero attached hydrogens (tertiary/aromatic N) is 1. The molecule has 10 heteroatoms. The number of nitrogens with two attached hydrogens (primary N) is 1. The molecule has 40 heavy (non-hydrogen) atoms. The maximum absolute atomic E-state index is 14.4. The fourth-order valence-corrected chi connectivity index (χ4v) is 6.43. The molecule has 2 aliphatic carbocycles. The second-order valence-electron chi connectivity index (χ2n) is 14.1. The first-order valence-electron chi connectivity index (χ1n) is 15.1. The van der Waals surface area contributed by atoms with Gasteiger partial charge in [0.2, 0.25) is 17.6 Å². The molecule has 3 rings (SSSR count). The third-order valence-electron chi connectivity index (χ3n) is 9.24. The van der Waals surface area contributed by atoms with E-state index in [1.807, 2.05) is 20.8 Å². The Morgan fingerprint density at radius 3 is 2.10 bits per heavy atom. The summed E-state index contributed by atoms with van der Waals surface area (Å²) in [6, 6.07) is -3.00. The van der Waals surface area contributed by atoms with Crippen molar-refractivity contribution in [3.63, 3.8) is 0 Å². The van der Waals surface area contributed by atoms with Gasteiger partial charge in [0.25, 0.3) is 5.91 Å². The summed E-state index contributed by atoms with van der Waals surface area (Å²) >= 11 is 0. The molecule has 3 unspecified atom stereocenters. The SMILES string of the molecule is CC(C)[C@@H]1CC(C(=O)NC(CC2CCC2)C(=O)C(N)=O)N(C(=O)C(NC(=O)NC(C)(C)C)C2(C)CCCCC2)C1. The number of hydrogen-bond donors (Lipinski definition) is 4. The molecule has 1 aliphatic heterocycles. The van der Waals surface area contributed by atoms with Gasteiger partial charge in [0.15, 0.2) is 0 Å². The maximum atomic E-state index is 14.4. The first-order chi connectivity index (χ1) is 18.6. The van der Waals surface area contributed by atoms with Crippen LogP contribution >= 0.6 is 0 Å². The van der Waals surface area contributed by atoms with Crippen LogP contribution in [0.25, 0.3) is 0 Å². The Bertz CT molecular complexity index is 964. The summed E-state index contributed by atoms with van der Waals surface area (Å²) in [5, 5.41) is 8.70. The number of nitrogens with one attached hydrogen (secondary N) is 3. The maximum Gasteiger partial charge on any atom is 0.315 e. The molecule has 5 N–H and O–H groups in total. The van der Waals surface area contributed by atoms with Crippen molar-refractivity contribution in [2.24, 2.45) is 28.9 Å². The van der Waals surface area contributed by atoms with Gasteiger partial charge in [-0.15, -0.1) is 0 Å². The molecular weight excluding hydrogens is 510 g/mol. The Morgan fingerprint density at radius 1 is 0.975 bits per heavy atom. The number of hydrogen-bond acceptors (Lipinski definition) is 5. The standard InChI is InChI=1S/C30H51N5O5/c1-18(2)20-16-22(26(38)32-21(23(36)25(31)37)15-19-11-10-12-19)35(17-20)27(39)24(30(6)13-8-7-9-14-30)33-28(40)34-29(3,4)5/h18-22,24H,7-17H2,1-6H3,(H2,31,37)(H,32,38)(H2,33,34,40)/t20-,21?,22?,24?/m1/s1. The third-order valence-corrected chi connectivity index (χ3v) is 9.24. The molecular formula is C30H51N5O5. The van der Waals surface area contributed by atoms with Crippen molar-refractivity contribution in [1.29, 1.82) is 0 Å². The summed E-state index contributed by atoms with van der Waals surface area (Å²) in [7, 11) is 0. The zero-order chi connectivity index (χ0) is 29.8. The summed E-state index contributed by atoms with van der Waals surface area (Å²) in [5.74, 6) is -2.00. The van der Waals surface area contributed by atoms with E-state index < -0.39 is 52.7 Å². The number of amides is 5. The normalized spacial score (nSPS) is 24.5. The first kappa shape index (κ1) is 31.9. The van der Waals surface area contributed by atoms with E-state index in [2.05, 4.69) is 36.7 Å². The monoisotopic (exact) mass is 561 g/mol. The lowest BCUT2D eigenvalue weighted by atomic mass is 9.70. The molecule has 0 aromatic heterocycles. The van der Waals surface area contributed by atoms with E-state index in [1.165, 1.54) is 0 Å². The van der Waals surface area contributed by atoms with E-state index in [0.717, 1.165) is 51.4 Å². The van der Waals surface area contributed by atoms with Gasteiger partial charge in [-0.2, -0.15) is 0 Å². The summed E-state index contributed by atoms with van der Waals surface area (Å²) in [6.07, 6.45) is 8.42. The number of rotatable bonds is 10. The highest BCUT2D eigenvalue weighted by atomic mass is 16.2. The molecule has 0 radical (unpaired) electrons. The quantitative estimate of drug-likeness (QED) is 0.302. The minimum atomic E-state index is -1.07. The second kappa shape index (κ2) is 12.9. The molecule has 0 spiro atoms.